The highest BCUT2D eigenvalue weighted by Gasteiger charge is 2.14. The van der Waals surface area contributed by atoms with Crippen LogP contribution in [0.1, 0.15) is 23.6 Å². The van der Waals surface area contributed by atoms with Gasteiger partial charge in [0.25, 0.3) is 0 Å². The minimum atomic E-state index is -0.211. The summed E-state index contributed by atoms with van der Waals surface area (Å²) in [4.78, 5) is 13.1. The molecule has 0 saturated carbocycles. The molecule has 1 amide bonds. The minimum absolute atomic E-state index is 0.211. The van der Waals surface area contributed by atoms with Crippen molar-refractivity contribution in [3.8, 4) is 11.5 Å². The first-order chi connectivity index (χ1) is 17.0. The van der Waals surface area contributed by atoms with E-state index in [1.165, 1.54) is 11.8 Å². The zero-order valence-corrected chi connectivity index (χ0v) is 21.6. The Kier molecular flexibility index (Phi) is 10.5. The van der Waals surface area contributed by atoms with Crippen LogP contribution in [0.3, 0.4) is 0 Å². The quantitative estimate of drug-likeness (QED) is 0.120. The molecule has 0 aliphatic carbocycles. The number of ether oxygens (including phenoxy) is 2. The van der Waals surface area contributed by atoms with E-state index in [-0.39, 0.29) is 11.7 Å². The molecule has 8 heteroatoms. The highest BCUT2D eigenvalue weighted by atomic mass is 35.5. The van der Waals surface area contributed by atoms with Crippen molar-refractivity contribution < 1.29 is 14.3 Å². The zero-order valence-electron chi connectivity index (χ0n) is 19.3. The molecule has 182 valence electrons. The van der Waals surface area contributed by atoms with Crippen molar-refractivity contribution in [2.45, 2.75) is 24.8 Å². The number of rotatable bonds is 12. The Bertz CT molecular complexity index is 1180. The Morgan fingerprint density at radius 2 is 1.86 bits per heavy atom. The van der Waals surface area contributed by atoms with E-state index in [1.807, 2.05) is 55.5 Å². The standard InChI is InChI=1S/C27H26Cl2N2O3S/c1-3-7-20-14-19(16-30-31-26(32)18-35-23-12-10-22(28)11-13-23)15-25(33-4-2)27(20)34-17-21-8-5-6-9-24(21)29/h3,5-6,8-16H,1,4,7,17-18H2,2H3,(H,31,32)/b30-16-. The fraction of sp³-hybridized carbons (Fsp3) is 0.185. The summed E-state index contributed by atoms with van der Waals surface area (Å²) >= 11 is 13.6. The highest BCUT2D eigenvalue weighted by molar-refractivity contribution is 8.00. The van der Waals surface area contributed by atoms with Gasteiger partial charge in [-0.25, -0.2) is 5.43 Å². The lowest BCUT2D eigenvalue weighted by Crippen LogP contribution is -2.19. The van der Waals surface area contributed by atoms with Crippen molar-refractivity contribution in [1.82, 2.24) is 5.43 Å². The number of hydrazone groups is 1. The molecule has 0 spiro atoms. The summed E-state index contributed by atoms with van der Waals surface area (Å²) in [6, 6.07) is 18.6. The molecule has 5 nitrogen and oxygen atoms in total. The van der Waals surface area contributed by atoms with Gasteiger partial charge in [0.15, 0.2) is 11.5 Å². The topological polar surface area (TPSA) is 59.9 Å². The number of halogens is 2. The molecule has 3 aromatic rings. The second kappa shape index (κ2) is 13.8. The Balaban J connectivity index is 1.69. The third-order valence-electron chi connectivity index (χ3n) is 4.73. The summed E-state index contributed by atoms with van der Waals surface area (Å²) in [6.07, 6.45) is 3.95. The van der Waals surface area contributed by atoms with Crippen LogP contribution >= 0.6 is 35.0 Å². The van der Waals surface area contributed by atoms with Crippen LogP contribution in [0.5, 0.6) is 11.5 Å². The first-order valence-electron chi connectivity index (χ1n) is 11.0. The molecule has 1 N–H and O–H groups in total. The fourth-order valence-corrected chi connectivity index (χ4v) is 4.16. The first kappa shape index (κ1) is 26.7. The Morgan fingerprint density at radius 3 is 2.57 bits per heavy atom. The lowest BCUT2D eigenvalue weighted by Gasteiger charge is -2.17. The lowest BCUT2D eigenvalue weighted by atomic mass is 10.1. The number of nitrogens with zero attached hydrogens (tertiary/aromatic N) is 1. The molecule has 0 saturated heterocycles. The number of carbonyl (C=O) groups excluding carboxylic acids is 1. The van der Waals surface area contributed by atoms with Gasteiger partial charge in [-0.2, -0.15) is 5.10 Å². The molecule has 0 aromatic heterocycles. The van der Waals surface area contributed by atoms with Gasteiger partial charge in [0.1, 0.15) is 6.61 Å². The second-order valence-corrected chi connectivity index (χ2v) is 9.24. The number of benzene rings is 3. The average Bonchev–Trinajstić information content (AvgIpc) is 2.84. The van der Waals surface area contributed by atoms with E-state index >= 15 is 0 Å². The van der Waals surface area contributed by atoms with Gasteiger partial charge >= 0.3 is 0 Å². The Labute approximate surface area is 220 Å². The van der Waals surface area contributed by atoms with Crippen molar-refractivity contribution in [2.24, 2.45) is 5.10 Å². The van der Waals surface area contributed by atoms with Gasteiger partial charge in [-0.05, 0) is 61.4 Å². The van der Waals surface area contributed by atoms with E-state index < -0.39 is 0 Å². The van der Waals surface area contributed by atoms with Crippen LogP contribution in [0.2, 0.25) is 10.0 Å². The Morgan fingerprint density at radius 1 is 1.09 bits per heavy atom. The number of thioether (sulfide) groups is 1. The molecule has 0 aliphatic heterocycles. The second-order valence-electron chi connectivity index (χ2n) is 7.35. The minimum Gasteiger partial charge on any atom is -0.490 e. The van der Waals surface area contributed by atoms with Crippen LogP contribution in [0, 0.1) is 0 Å². The van der Waals surface area contributed by atoms with Gasteiger partial charge < -0.3 is 9.47 Å². The third kappa shape index (κ3) is 8.35. The molecule has 0 bridgehead atoms. The molecule has 3 rings (SSSR count). The SMILES string of the molecule is C=CCc1cc(/C=N\NC(=O)CSc2ccc(Cl)cc2)cc(OCC)c1OCc1ccccc1Cl. The number of hydrogen-bond acceptors (Lipinski definition) is 5. The molecule has 0 heterocycles. The highest BCUT2D eigenvalue weighted by Crippen LogP contribution is 2.34. The number of allylic oxidation sites excluding steroid dienone is 1. The predicted octanol–water partition coefficient (Wildman–Crippen LogP) is 6.94. The molecule has 0 fully saturated rings. The smallest absolute Gasteiger partial charge is 0.250 e. The molecule has 35 heavy (non-hydrogen) atoms. The molecular weight excluding hydrogens is 503 g/mol. The summed E-state index contributed by atoms with van der Waals surface area (Å²) in [7, 11) is 0. The van der Waals surface area contributed by atoms with Gasteiger partial charge in [0.05, 0.1) is 18.6 Å². The maximum atomic E-state index is 12.2. The van der Waals surface area contributed by atoms with Crippen LogP contribution in [0.15, 0.2) is 83.3 Å². The summed E-state index contributed by atoms with van der Waals surface area (Å²) < 4.78 is 12.0. The van der Waals surface area contributed by atoms with Crippen molar-refractivity contribution in [3.63, 3.8) is 0 Å². The predicted molar refractivity (Wildman–Crippen MR) is 145 cm³/mol. The first-order valence-corrected chi connectivity index (χ1v) is 12.7. The number of hydrogen-bond donors (Lipinski definition) is 1. The lowest BCUT2D eigenvalue weighted by molar-refractivity contribution is -0.118. The fourth-order valence-electron chi connectivity index (χ4n) is 3.15. The summed E-state index contributed by atoms with van der Waals surface area (Å²) in [6.45, 7) is 6.53. The van der Waals surface area contributed by atoms with E-state index in [0.29, 0.717) is 41.2 Å². The van der Waals surface area contributed by atoms with E-state index in [0.717, 1.165) is 21.6 Å². The largest absolute Gasteiger partial charge is 0.490 e. The summed E-state index contributed by atoms with van der Waals surface area (Å²) in [5.74, 6) is 1.24. The van der Waals surface area contributed by atoms with E-state index in [1.54, 1.807) is 24.4 Å². The number of amides is 1. The third-order valence-corrected chi connectivity index (χ3v) is 6.37. The van der Waals surface area contributed by atoms with Crippen LogP contribution < -0.4 is 14.9 Å². The zero-order chi connectivity index (χ0) is 25.0. The molecular formula is C27H26Cl2N2O3S. The van der Waals surface area contributed by atoms with Crippen molar-refractivity contribution in [2.75, 3.05) is 12.4 Å². The van der Waals surface area contributed by atoms with Crippen LogP contribution in [0.25, 0.3) is 0 Å². The van der Waals surface area contributed by atoms with E-state index in [9.17, 15) is 4.79 Å². The Hall–Kier alpha value is -2.93. The molecule has 0 radical (unpaired) electrons. The van der Waals surface area contributed by atoms with Gasteiger partial charge in [-0.1, -0.05) is 47.5 Å². The monoisotopic (exact) mass is 528 g/mol. The van der Waals surface area contributed by atoms with Crippen LogP contribution in [-0.2, 0) is 17.8 Å². The molecule has 3 aromatic carbocycles. The summed E-state index contributed by atoms with van der Waals surface area (Å²) in [5, 5.41) is 5.41. The van der Waals surface area contributed by atoms with Gasteiger partial charge in [-0.15, -0.1) is 18.3 Å². The number of nitrogens with one attached hydrogen (secondary N) is 1. The van der Waals surface area contributed by atoms with Gasteiger partial charge in [-0.3, -0.25) is 4.79 Å². The maximum absolute atomic E-state index is 12.2. The normalized spacial score (nSPS) is 10.8. The average molecular weight is 529 g/mol. The van der Waals surface area contributed by atoms with Crippen molar-refractivity contribution in [1.29, 1.82) is 0 Å². The van der Waals surface area contributed by atoms with E-state index in [4.69, 9.17) is 32.7 Å². The molecule has 0 aliphatic rings. The van der Waals surface area contributed by atoms with Crippen molar-refractivity contribution >= 4 is 47.1 Å². The van der Waals surface area contributed by atoms with Crippen molar-refractivity contribution in [3.05, 3.63) is 100 Å². The molecule has 0 atom stereocenters. The van der Waals surface area contributed by atoms with Crippen LogP contribution in [-0.4, -0.2) is 24.5 Å². The van der Waals surface area contributed by atoms with Crippen LogP contribution in [0.4, 0.5) is 0 Å². The number of carbonyl (C=O) groups is 1. The summed E-state index contributed by atoms with van der Waals surface area (Å²) in [5.41, 5.74) is 5.10. The maximum Gasteiger partial charge on any atom is 0.250 e. The van der Waals surface area contributed by atoms with E-state index in [2.05, 4.69) is 17.1 Å². The molecule has 0 unspecified atom stereocenters. The van der Waals surface area contributed by atoms with Gasteiger partial charge in [0, 0.05) is 26.1 Å². The van der Waals surface area contributed by atoms with Gasteiger partial charge in [0.2, 0.25) is 5.91 Å².